The quantitative estimate of drug-likeness (QED) is 0.931. The fraction of sp³-hybridized carbons (Fsp3) is 0.579. The minimum absolute atomic E-state index is 0.00518. The van der Waals surface area contributed by atoms with E-state index in [1.807, 2.05) is 32.9 Å². The van der Waals surface area contributed by atoms with Crippen LogP contribution in [0.1, 0.15) is 56.6 Å². The number of hydrogen-bond acceptors (Lipinski definition) is 2. The highest BCUT2D eigenvalue weighted by atomic mass is 16.2. The van der Waals surface area contributed by atoms with E-state index in [1.54, 1.807) is 4.90 Å². The van der Waals surface area contributed by atoms with Crippen molar-refractivity contribution in [1.82, 2.24) is 5.32 Å². The van der Waals surface area contributed by atoms with E-state index < -0.39 is 5.54 Å². The second-order valence-electron chi connectivity index (χ2n) is 7.30. The van der Waals surface area contributed by atoms with Crippen molar-refractivity contribution < 1.29 is 9.59 Å². The molecule has 1 aromatic rings. The monoisotopic (exact) mass is 314 g/mol. The van der Waals surface area contributed by atoms with E-state index in [0.717, 1.165) is 29.7 Å². The molecule has 1 N–H and O–H groups in total. The van der Waals surface area contributed by atoms with Crippen LogP contribution in [-0.2, 0) is 9.59 Å². The van der Waals surface area contributed by atoms with Gasteiger partial charge >= 0.3 is 0 Å². The number of nitrogens with one attached hydrogen (secondary N) is 1. The number of hydrogen-bond donors (Lipinski definition) is 1. The first kappa shape index (κ1) is 16.0. The molecule has 1 aliphatic heterocycles. The van der Waals surface area contributed by atoms with E-state index in [9.17, 15) is 9.59 Å². The Morgan fingerprint density at radius 3 is 2.39 bits per heavy atom. The number of aryl methyl sites for hydroxylation is 2. The second-order valence-corrected chi connectivity index (χ2v) is 7.30. The van der Waals surface area contributed by atoms with Gasteiger partial charge in [0, 0.05) is 18.2 Å². The molecule has 2 fully saturated rings. The van der Waals surface area contributed by atoms with Crippen LogP contribution in [0.4, 0.5) is 5.69 Å². The van der Waals surface area contributed by atoms with Gasteiger partial charge in [-0.3, -0.25) is 14.5 Å². The third kappa shape index (κ3) is 2.99. The maximum Gasteiger partial charge on any atom is 0.246 e. The molecule has 0 aromatic heterocycles. The van der Waals surface area contributed by atoms with Crippen LogP contribution in [0.25, 0.3) is 0 Å². The molecule has 3 rings (SSSR count). The highest BCUT2D eigenvalue weighted by molar-refractivity contribution is 6.06. The Morgan fingerprint density at radius 2 is 1.78 bits per heavy atom. The van der Waals surface area contributed by atoms with Gasteiger partial charge in [-0.1, -0.05) is 18.9 Å². The van der Waals surface area contributed by atoms with Crippen LogP contribution in [-0.4, -0.2) is 23.4 Å². The van der Waals surface area contributed by atoms with E-state index in [0.29, 0.717) is 12.8 Å². The molecule has 4 nitrogen and oxygen atoms in total. The number of carbonyl (C=O) groups excluding carboxylic acids is 2. The first-order chi connectivity index (χ1) is 10.9. The molecule has 1 aromatic carbocycles. The SMILES string of the molecule is Cc1cc(C)cc(N2C(=O)CC[C@@]2(C)C(=O)NC2CCCC2)c1. The summed E-state index contributed by atoms with van der Waals surface area (Å²) >= 11 is 0. The van der Waals surface area contributed by atoms with Gasteiger partial charge in [-0.2, -0.15) is 0 Å². The van der Waals surface area contributed by atoms with Crippen LogP contribution in [0, 0.1) is 13.8 Å². The topological polar surface area (TPSA) is 49.4 Å². The van der Waals surface area contributed by atoms with E-state index in [4.69, 9.17) is 0 Å². The van der Waals surface area contributed by atoms with Crippen molar-refractivity contribution in [1.29, 1.82) is 0 Å². The molecule has 0 bridgehead atoms. The van der Waals surface area contributed by atoms with Crippen LogP contribution < -0.4 is 10.2 Å². The largest absolute Gasteiger partial charge is 0.351 e. The second kappa shape index (κ2) is 5.99. The Bertz CT molecular complexity index is 614. The molecule has 4 heteroatoms. The van der Waals surface area contributed by atoms with Gasteiger partial charge in [0.2, 0.25) is 11.8 Å². The third-order valence-corrected chi connectivity index (χ3v) is 5.21. The third-order valence-electron chi connectivity index (χ3n) is 5.21. The van der Waals surface area contributed by atoms with Crippen molar-refractivity contribution in [2.24, 2.45) is 0 Å². The van der Waals surface area contributed by atoms with Crippen LogP contribution in [0.15, 0.2) is 18.2 Å². The minimum Gasteiger partial charge on any atom is -0.351 e. The fourth-order valence-corrected chi connectivity index (χ4v) is 3.98. The Morgan fingerprint density at radius 1 is 1.17 bits per heavy atom. The van der Waals surface area contributed by atoms with E-state index in [1.165, 1.54) is 12.8 Å². The predicted octanol–water partition coefficient (Wildman–Crippen LogP) is 3.25. The van der Waals surface area contributed by atoms with Crippen LogP contribution in [0.2, 0.25) is 0 Å². The first-order valence-electron chi connectivity index (χ1n) is 8.62. The Hall–Kier alpha value is -1.84. The zero-order chi connectivity index (χ0) is 16.6. The zero-order valence-corrected chi connectivity index (χ0v) is 14.3. The average molecular weight is 314 g/mol. The Balaban J connectivity index is 1.89. The highest BCUT2D eigenvalue weighted by Gasteiger charge is 2.48. The molecule has 1 saturated heterocycles. The van der Waals surface area contributed by atoms with Crippen molar-refractivity contribution in [2.45, 2.75) is 70.9 Å². The normalized spacial score (nSPS) is 25.2. The van der Waals surface area contributed by atoms with Gasteiger partial charge in [-0.25, -0.2) is 0 Å². The van der Waals surface area contributed by atoms with Gasteiger partial charge in [0.1, 0.15) is 5.54 Å². The van der Waals surface area contributed by atoms with Gasteiger partial charge in [0.25, 0.3) is 0 Å². The van der Waals surface area contributed by atoms with Crippen molar-refractivity contribution in [3.05, 3.63) is 29.3 Å². The lowest BCUT2D eigenvalue weighted by molar-refractivity contribution is -0.127. The molecule has 2 aliphatic rings. The minimum atomic E-state index is -0.778. The van der Waals surface area contributed by atoms with E-state index in [2.05, 4.69) is 11.4 Å². The fourth-order valence-electron chi connectivity index (χ4n) is 3.98. The zero-order valence-electron chi connectivity index (χ0n) is 14.3. The van der Waals surface area contributed by atoms with Gasteiger partial charge in [-0.05, 0) is 63.3 Å². The molecule has 1 aliphatic carbocycles. The molecule has 0 spiro atoms. The molecule has 23 heavy (non-hydrogen) atoms. The maximum atomic E-state index is 12.9. The summed E-state index contributed by atoms with van der Waals surface area (Å²) in [5, 5.41) is 3.18. The summed E-state index contributed by atoms with van der Waals surface area (Å²) in [6.07, 6.45) is 5.49. The lowest BCUT2D eigenvalue weighted by Gasteiger charge is -2.35. The number of nitrogens with zero attached hydrogens (tertiary/aromatic N) is 1. The lowest BCUT2D eigenvalue weighted by atomic mass is 9.96. The summed E-state index contributed by atoms with van der Waals surface area (Å²) in [6.45, 7) is 5.94. The molecule has 1 saturated carbocycles. The molecule has 2 amide bonds. The van der Waals surface area contributed by atoms with Gasteiger partial charge < -0.3 is 5.32 Å². The van der Waals surface area contributed by atoms with E-state index >= 15 is 0 Å². The predicted molar refractivity (Wildman–Crippen MR) is 91.4 cm³/mol. The first-order valence-corrected chi connectivity index (χ1v) is 8.62. The standard InChI is InChI=1S/C19H26N2O2/c1-13-10-14(2)12-16(11-13)21-17(22)8-9-19(21,3)18(23)20-15-6-4-5-7-15/h10-12,15H,4-9H2,1-3H3,(H,20,23)/t19-/m0/s1. The number of benzene rings is 1. The summed E-state index contributed by atoms with van der Waals surface area (Å²) in [6, 6.07) is 6.35. The van der Waals surface area contributed by atoms with Crippen LogP contribution >= 0.6 is 0 Å². The summed E-state index contributed by atoms with van der Waals surface area (Å²) in [5.41, 5.74) is 2.28. The summed E-state index contributed by atoms with van der Waals surface area (Å²) in [5.74, 6) is 0.0356. The molecular weight excluding hydrogens is 288 g/mol. The number of carbonyl (C=O) groups is 2. The van der Waals surface area contributed by atoms with Gasteiger partial charge in [0.05, 0.1) is 0 Å². The maximum absolute atomic E-state index is 12.9. The molecule has 124 valence electrons. The summed E-state index contributed by atoms with van der Waals surface area (Å²) in [7, 11) is 0. The van der Waals surface area contributed by atoms with E-state index in [-0.39, 0.29) is 17.9 Å². The van der Waals surface area contributed by atoms with Crippen molar-refractivity contribution in [3.63, 3.8) is 0 Å². The molecular formula is C19H26N2O2. The average Bonchev–Trinajstić information content (AvgIpc) is 3.07. The van der Waals surface area contributed by atoms with Gasteiger partial charge in [0.15, 0.2) is 0 Å². The summed E-state index contributed by atoms with van der Waals surface area (Å²) < 4.78 is 0. The number of amides is 2. The Kier molecular flexibility index (Phi) is 4.17. The van der Waals surface area contributed by atoms with Crippen molar-refractivity contribution in [3.8, 4) is 0 Å². The van der Waals surface area contributed by atoms with Crippen molar-refractivity contribution >= 4 is 17.5 Å². The summed E-state index contributed by atoms with van der Waals surface area (Å²) in [4.78, 5) is 27.1. The van der Waals surface area contributed by atoms with Gasteiger partial charge in [-0.15, -0.1) is 0 Å². The molecule has 1 heterocycles. The van der Waals surface area contributed by atoms with Crippen LogP contribution in [0.5, 0.6) is 0 Å². The Labute approximate surface area is 138 Å². The molecule has 1 atom stereocenters. The smallest absolute Gasteiger partial charge is 0.246 e. The van der Waals surface area contributed by atoms with Crippen molar-refractivity contribution in [2.75, 3.05) is 4.90 Å². The molecule has 0 radical (unpaired) electrons. The number of anilines is 1. The number of rotatable bonds is 3. The molecule has 0 unspecified atom stereocenters. The van der Waals surface area contributed by atoms with Crippen LogP contribution in [0.3, 0.4) is 0 Å². The highest BCUT2D eigenvalue weighted by Crippen LogP contribution is 2.36. The lowest BCUT2D eigenvalue weighted by Crippen LogP contribution is -2.56.